The van der Waals surface area contributed by atoms with Crippen LogP contribution in [0.1, 0.15) is 53.6 Å². The van der Waals surface area contributed by atoms with Gasteiger partial charge in [-0.2, -0.15) is 0 Å². The van der Waals surface area contributed by atoms with Gasteiger partial charge in [-0.15, -0.1) is 0 Å². The zero-order valence-electron chi connectivity index (χ0n) is 13.6. The molecule has 0 radical (unpaired) electrons. The van der Waals surface area contributed by atoms with Crippen molar-refractivity contribution in [2.45, 2.75) is 51.0 Å². The van der Waals surface area contributed by atoms with Gasteiger partial charge in [-0.1, -0.05) is 67.8 Å². The molecule has 1 aliphatic carbocycles. The van der Waals surface area contributed by atoms with Crippen molar-refractivity contribution in [1.29, 1.82) is 0 Å². The van der Waals surface area contributed by atoms with Crippen LogP contribution in [-0.4, -0.2) is 11.9 Å². The van der Waals surface area contributed by atoms with Gasteiger partial charge in [0, 0.05) is 11.6 Å². The van der Waals surface area contributed by atoms with Crippen LogP contribution in [0.2, 0.25) is 0 Å². The van der Waals surface area contributed by atoms with E-state index < -0.39 is 0 Å². The molecule has 0 saturated heterocycles. The van der Waals surface area contributed by atoms with Crippen molar-refractivity contribution in [3.05, 3.63) is 71.3 Å². The molecule has 2 aromatic carbocycles. The summed E-state index contributed by atoms with van der Waals surface area (Å²) in [5, 5.41) is 3.23. The largest absolute Gasteiger partial charge is 0.349 e. The van der Waals surface area contributed by atoms with Crippen LogP contribution in [0.25, 0.3) is 0 Å². The van der Waals surface area contributed by atoms with E-state index in [4.69, 9.17) is 0 Å². The first-order valence-electron chi connectivity index (χ1n) is 8.75. The summed E-state index contributed by atoms with van der Waals surface area (Å²) in [6.07, 6.45) is 7.89. The molecule has 1 aliphatic rings. The molecule has 0 atom stereocenters. The lowest BCUT2D eigenvalue weighted by Crippen LogP contribution is -2.36. The average Bonchev–Trinajstić information content (AvgIpc) is 2.62. The highest BCUT2D eigenvalue weighted by Crippen LogP contribution is 2.19. The average molecular weight is 307 g/mol. The molecule has 120 valence electrons. The Labute approximate surface area is 138 Å². The Morgan fingerprint density at radius 3 is 2.35 bits per heavy atom. The normalized spacial score (nSPS) is 15.3. The van der Waals surface area contributed by atoms with E-state index in [9.17, 15) is 4.79 Å². The SMILES string of the molecule is O=C(NC1CCCCC1)c1ccccc1CCc1ccccc1. The van der Waals surface area contributed by atoms with Crippen LogP contribution in [0.3, 0.4) is 0 Å². The molecule has 3 rings (SSSR count). The van der Waals surface area contributed by atoms with Crippen molar-refractivity contribution in [1.82, 2.24) is 5.32 Å². The summed E-state index contributed by atoms with van der Waals surface area (Å²) in [7, 11) is 0. The lowest BCUT2D eigenvalue weighted by molar-refractivity contribution is 0.0927. The van der Waals surface area contributed by atoms with Gasteiger partial charge in [0.1, 0.15) is 0 Å². The van der Waals surface area contributed by atoms with Gasteiger partial charge >= 0.3 is 0 Å². The Bertz CT molecular complexity index is 629. The third-order valence-electron chi connectivity index (χ3n) is 4.73. The molecular weight excluding hydrogens is 282 g/mol. The number of aryl methyl sites for hydroxylation is 2. The Balaban J connectivity index is 1.65. The number of amides is 1. The predicted octanol–water partition coefficient (Wildman–Crippen LogP) is 4.53. The minimum Gasteiger partial charge on any atom is -0.349 e. The Morgan fingerprint density at radius 2 is 1.57 bits per heavy atom. The second-order valence-electron chi connectivity index (χ2n) is 6.45. The summed E-state index contributed by atoms with van der Waals surface area (Å²) in [6, 6.07) is 18.8. The fourth-order valence-corrected chi connectivity index (χ4v) is 3.39. The van der Waals surface area contributed by atoms with E-state index in [-0.39, 0.29) is 5.91 Å². The summed E-state index contributed by atoms with van der Waals surface area (Å²) >= 11 is 0. The lowest BCUT2D eigenvalue weighted by Gasteiger charge is -2.23. The number of carbonyl (C=O) groups is 1. The first kappa shape index (κ1) is 15.8. The number of nitrogens with one attached hydrogen (secondary N) is 1. The molecule has 0 aliphatic heterocycles. The third kappa shape index (κ3) is 4.44. The van der Waals surface area contributed by atoms with E-state index in [0.29, 0.717) is 6.04 Å². The monoisotopic (exact) mass is 307 g/mol. The zero-order valence-corrected chi connectivity index (χ0v) is 13.6. The predicted molar refractivity (Wildman–Crippen MR) is 94.6 cm³/mol. The summed E-state index contributed by atoms with van der Waals surface area (Å²) in [6.45, 7) is 0. The topological polar surface area (TPSA) is 29.1 Å². The van der Waals surface area contributed by atoms with Crippen LogP contribution in [-0.2, 0) is 12.8 Å². The Kier molecular flexibility index (Phi) is 5.46. The minimum absolute atomic E-state index is 0.0977. The zero-order chi connectivity index (χ0) is 15.9. The second kappa shape index (κ2) is 7.96. The van der Waals surface area contributed by atoms with Gasteiger partial charge in [-0.25, -0.2) is 0 Å². The maximum atomic E-state index is 12.6. The van der Waals surface area contributed by atoms with Gasteiger partial charge < -0.3 is 5.32 Å². The number of rotatable bonds is 5. The van der Waals surface area contributed by atoms with Crippen molar-refractivity contribution < 1.29 is 4.79 Å². The van der Waals surface area contributed by atoms with Crippen molar-refractivity contribution >= 4 is 5.91 Å². The van der Waals surface area contributed by atoms with Crippen LogP contribution in [0.15, 0.2) is 54.6 Å². The van der Waals surface area contributed by atoms with Gasteiger partial charge in [0.25, 0.3) is 5.91 Å². The van der Waals surface area contributed by atoms with Crippen molar-refractivity contribution in [3.63, 3.8) is 0 Å². The van der Waals surface area contributed by atoms with Crippen LogP contribution >= 0.6 is 0 Å². The summed E-state index contributed by atoms with van der Waals surface area (Å²) in [4.78, 5) is 12.6. The summed E-state index contributed by atoms with van der Waals surface area (Å²) < 4.78 is 0. The number of carbonyl (C=O) groups excluding carboxylic acids is 1. The first-order chi connectivity index (χ1) is 11.3. The standard InChI is InChI=1S/C21H25NO/c23-21(22-19-12-5-2-6-13-19)20-14-8-7-11-18(20)16-15-17-9-3-1-4-10-17/h1,3-4,7-11,14,19H,2,5-6,12-13,15-16H2,(H,22,23). The van der Waals surface area contributed by atoms with E-state index in [2.05, 4.69) is 35.6 Å². The molecule has 1 N–H and O–H groups in total. The molecule has 1 amide bonds. The molecule has 2 aromatic rings. The molecule has 2 heteroatoms. The molecular formula is C21H25NO. The Hall–Kier alpha value is -2.09. The van der Waals surface area contributed by atoms with Gasteiger partial charge in [-0.05, 0) is 42.9 Å². The molecule has 0 aromatic heterocycles. The highest BCUT2D eigenvalue weighted by Gasteiger charge is 2.18. The van der Waals surface area contributed by atoms with E-state index in [1.54, 1.807) is 0 Å². The Morgan fingerprint density at radius 1 is 0.870 bits per heavy atom. The first-order valence-corrected chi connectivity index (χ1v) is 8.75. The molecule has 0 bridgehead atoms. The van der Waals surface area contributed by atoms with Gasteiger partial charge in [0.2, 0.25) is 0 Å². The van der Waals surface area contributed by atoms with E-state index in [1.165, 1.54) is 24.8 Å². The fourth-order valence-electron chi connectivity index (χ4n) is 3.39. The second-order valence-corrected chi connectivity index (χ2v) is 6.45. The van der Waals surface area contributed by atoms with E-state index >= 15 is 0 Å². The van der Waals surface area contributed by atoms with Crippen molar-refractivity contribution in [3.8, 4) is 0 Å². The quantitative estimate of drug-likeness (QED) is 0.863. The fraction of sp³-hybridized carbons (Fsp3) is 0.381. The molecule has 0 heterocycles. The lowest BCUT2D eigenvalue weighted by atomic mass is 9.94. The van der Waals surface area contributed by atoms with Gasteiger partial charge in [-0.3, -0.25) is 4.79 Å². The van der Waals surface area contributed by atoms with Gasteiger partial charge in [0.15, 0.2) is 0 Å². The van der Waals surface area contributed by atoms with Crippen LogP contribution < -0.4 is 5.32 Å². The molecule has 0 spiro atoms. The molecule has 2 nitrogen and oxygen atoms in total. The van der Waals surface area contributed by atoms with Crippen molar-refractivity contribution in [2.24, 2.45) is 0 Å². The third-order valence-corrected chi connectivity index (χ3v) is 4.73. The highest BCUT2D eigenvalue weighted by atomic mass is 16.1. The van der Waals surface area contributed by atoms with E-state index in [1.807, 2.05) is 24.3 Å². The molecule has 23 heavy (non-hydrogen) atoms. The van der Waals surface area contributed by atoms with Crippen LogP contribution in [0.5, 0.6) is 0 Å². The highest BCUT2D eigenvalue weighted by molar-refractivity contribution is 5.95. The van der Waals surface area contributed by atoms with Crippen molar-refractivity contribution in [2.75, 3.05) is 0 Å². The van der Waals surface area contributed by atoms with Gasteiger partial charge in [0.05, 0.1) is 0 Å². The number of hydrogen-bond donors (Lipinski definition) is 1. The van der Waals surface area contributed by atoms with Crippen LogP contribution in [0.4, 0.5) is 0 Å². The van der Waals surface area contributed by atoms with E-state index in [0.717, 1.165) is 36.8 Å². The summed E-state index contributed by atoms with van der Waals surface area (Å²) in [5.74, 6) is 0.0977. The minimum atomic E-state index is 0.0977. The number of hydrogen-bond acceptors (Lipinski definition) is 1. The molecule has 1 fully saturated rings. The maximum absolute atomic E-state index is 12.6. The number of benzene rings is 2. The van der Waals surface area contributed by atoms with Crippen LogP contribution in [0, 0.1) is 0 Å². The smallest absolute Gasteiger partial charge is 0.251 e. The maximum Gasteiger partial charge on any atom is 0.251 e. The molecule has 0 unspecified atom stereocenters. The molecule has 1 saturated carbocycles. The summed E-state index contributed by atoms with van der Waals surface area (Å²) in [5.41, 5.74) is 3.30.